The Labute approximate surface area is 160 Å². The normalized spacial score (nSPS) is 27.2. The van der Waals surface area contributed by atoms with Crippen molar-refractivity contribution in [1.29, 1.82) is 0 Å². The Morgan fingerprint density at radius 3 is 2.43 bits per heavy atom. The molecule has 0 amide bonds. The van der Waals surface area contributed by atoms with E-state index in [9.17, 15) is 28.5 Å². The molecule has 0 radical (unpaired) electrons. The first-order valence-corrected chi connectivity index (χ1v) is 12.0. The predicted molar refractivity (Wildman–Crippen MR) is 90.2 cm³/mol. The number of phosphoric acid groups is 3. The third kappa shape index (κ3) is 7.04. The average molecular weight is 484 g/mol. The lowest BCUT2D eigenvalue weighted by atomic mass is 10.2. The summed E-state index contributed by atoms with van der Waals surface area (Å²) in [5, 5.41) is 9.95. The molecule has 6 N–H and O–H groups in total. The Balaban J connectivity index is 1.99. The molecule has 160 valence electrons. The van der Waals surface area contributed by atoms with Crippen LogP contribution in [0.15, 0.2) is 17.1 Å². The number of phosphoric ester groups is 1. The molecule has 2 heterocycles. The van der Waals surface area contributed by atoms with Crippen molar-refractivity contribution in [2.24, 2.45) is 0 Å². The SMILES string of the molecule is O=c1[nH]c(=S)ccn1[C@H]1C[C@@H](O)[C@@H](COP(=O)(O)OP(=O)(O)OP(=O)(O)O)O1. The van der Waals surface area contributed by atoms with E-state index in [1.165, 1.54) is 12.3 Å². The van der Waals surface area contributed by atoms with E-state index < -0.39 is 54.2 Å². The van der Waals surface area contributed by atoms with Gasteiger partial charge in [-0.2, -0.15) is 8.62 Å². The molecule has 0 spiro atoms. The summed E-state index contributed by atoms with van der Waals surface area (Å²) in [6.07, 6.45) is -2.26. The van der Waals surface area contributed by atoms with Crippen LogP contribution in [0.25, 0.3) is 0 Å². The molecule has 0 aromatic carbocycles. The van der Waals surface area contributed by atoms with Crippen LogP contribution in [-0.2, 0) is 31.6 Å². The maximum Gasteiger partial charge on any atom is 0.490 e. The third-order valence-electron chi connectivity index (χ3n) is 3.18. The zero-order valence-electron chi connectivity index (χ0n) is 13.5. The van der Waals surface area contributed by atoms with Crippen LogP contribution in [0.3, 0.4) is 0 Å². The van der Waals surface area contributed by atoms with Crippen molar-refractivity contribution < 1.29 is 56.3 Å². The molecule has 5 atom stereocenters. The first-order valence-electron chi connectivity index (χ1n) is 7.11. The van der Waals surface area contributed by atoms with Gasteiger partial charge >= 0.3 is 29.2 Å². The Bertz CT molecular complexity index is 970. The lowest BCUT2D eigenvalue weighted by molar-refractivity contribution is -0.0449. The van der Waals surface area contributed by atoms with Crippen molar-refractivity contribution in [3.8, 4) is 0 Å². The second-order valence-corrected chi connectivity index (χ2v) is 10.2. The standard InChI is InChI=1S/C9H15N2O13P3S/c12-5-3-8(11-2-1-7(28)10-9(11)13)22-6(5)4-21-26(17,18)24-27(19,20)23-25(14,15)16/h1-2,5-6,8,12H,3-4H2,(H,17,18)(H,19,20)(H,10,13,28)(H2,14,15,16)/t5-,6-,8-/m1/s1. The van der Waals surface area contributed by atoms with Crippen LogP contribution in [0.2, 0.25) is 0 Å². The monoisotopic (exact) mass is 484 g/mol. The molecule has 15 nitrogen and oxygen atoms in total. The van der Waals surface area contributed by atoms with Crippen molar-refractivity contribution >= 4 is 35.7 Å². The van der Waals surface area contributed by atoms with Gasteiger partial charge in [0, 0.05) is 12.6 Å². The molecule has 1 aliphatic heterocycles. The van der Waals surface area contributed by atoms with E-state index in [0.717, 1.165) is 4.57 Å². The number of H-pyrrole nitrogens is 1. The number of ether oxygens (including phenoxy) is 1. The lowest BCUT2D eigenvalue weighted by Gasteiger charge is -2.19. The summed E-state index contributed by atoms with van der Waals surface area (Å²) in [5.41, 5.74) is -0.627. The highest BCUT2D eigenvalue weighted by Crippen LogP contribution is 2.66. The number of nitrogens with one attached hydrogen (secondary N) is 1. The second kappa shape index (κ2) is 8.66. The number of aliphatic hydroxyl groups is 1. The highest BCUT2D eigenvalue weighted by Gasteiger charge is 2.42. The van der Waals surface area contributed by atoms with Gasteiger partial charge in [0.2, 0.25) is 0 Å². The molecule has 19 heteroatoms. The van der Waals surface area contributed by atoms with E-state index in [4.69, 9.17) is 31.6 Å². The fourth-order valence-electron chi connectivity index (χ4n) is 2.16. The molecule has 1 saturated heterocycles. The fraction of sp³-hybridized carbons (Fsp3) is 0.556. The van der Waals surface area contributed by atoms with Crippen LogP contribution in [0.4, 0.5) is 0 Å². The van der Waals surface area contributed by atoms with E-state index >= 15 is 0 Å². The predicted octanol–water partition coefficient (Wildman–Crippen LogP) is -0.102. The average Bonchev–Trinajstić information content (AvgIpc) is 2.82. The minimum Gasteiger partial charge on any atom is -0.390 e. The Kier molecular flexibility index (Phi) is 7.33. The topological polar surface area (TPSA) is 227 Å². The van der Waals surface area contributed by atoms with E-state index in [0.29, 0.717) is 0 Å². The maximum absolute atomic E-state index is 11.8. The Morgan fingerprint density at radius 1 is 1.21 bits per heavy atom. The van der Waals surface area contributed by atoms with Crippen molar-refractivity contribution in [2.45, 2.75) is 24.9 Å². The van der Waals surface area contributed by atoms with Crippen LogP contribution in [0.5, 0.6) is 0 Å². The van der Waals surface area contributed by atoms with Crippen molar-refractivity contribution in [3.63, 3.8) is 0 Å². The van der Waals surface area contributed by atoms with Gasteiger partial charge in [0.05, 0.1) is 12.7 Å². The fourth-order valence-corrected chi connectivity index (χ4v) is 5.34. The largest absolute Gasteiger partial charge is 0.490 e. The number of aliphatic hydroxyl groups excluding tert-OH is 1. The third-order valence-corrected chi connectivity index (χ3v) is 7.22. The molecule has 0 aliphatic carbocycles. The van der Waals surface area contributed by atoms with Crippen LogP contribution in [-0.4, -0.2) is 53.0 Å². The first kappa shape index (κ1) is 23.7. The highest BCUT2D eigenvalue weighted by atomic mass is 32.1. The molecule has 1 aromatic rings. The zero-order valence-corrected chi connectivity index (χ0v) is 17.0. The lowest BCUT2D eigenvalue weighted by Crippen LogP contribution is -2.28. The van der Waals surface area contributed by atoms with E-state index in [1.54, 1.807) is 0 Å². The summed E-state index contributed by atoms with van der Waals surface area (Å²) in [4.78, 5) is 49.5. The van der Waals surface area contributed by atoms with Gasteiger partial charge in [0.25, 0.3) is 0 Å². The number of aromatic amines is 1. The summed E-state index contributed by atoms with van der Waals surface area (Å²) in [6, 6.07) is 1.39. The molecular weight excluding hydrogens is 469 g/mol. The molecule has 1 fully saturated rings. The maximum atomic E-state index is 11.8. The molecular formula is C9H15N2O13P3S. The van der Waals surface area contributed by atoms with Crippen molar-refractivity contribution in [1.82, 2.24) is 9.55 Å². The van der Waals surface area contributed by atoms with Crippen LogP contribution >= 0.6 is 35.7 Å². The molecule has 28 heavy (non-hydrogen) atoms. The van der Waals surface area contributed by atoms with Gasteiger partial charge in [0.1, 0.15) is 17.0 Å². The summed E-state index contributed by atoms with van der Waals surface area (Å²) in [7, 11) is -16.5. The summed E-state index contributed by atoms with van der Waals surface area (Å²) in [5.74, 6) is 0. The number of aromatic nitrogens is 2. The van der Waals surface area contributed by atoms with Gasteiger partial charge in [0.15, 0.2) is 0 Å². The summed E-state index contributed by atoms with van der Waals surface area (Å²) >= 11 is 4.78. The van der Waals surface area contributed by atoms with Gasteiger partial charge in [-0.05, 0) is 6.07 Å². The Hall–Kier alpha value is -0.570. The van der Waals surface area contributed by atoms with Gasteiger partial charge in [-0.15, -0.1) is 0 Å². The van der Waals surface area contributed by atoms with E-state index in [-0.39, 0.29) is 11.1 Å². The van der Waals surface area contributed by atoms with Gasteiger partial charge in [-0.3, -0.25) is 14.1 Å². The van der Waals surface area contributed by atoms with E-state index in [2.05, 4.69) is 18.1 Å². The number of hydrogen-bond acceptors (Lipinski definition) is 10. The van der Waals surface area contributed by atoms with Crippen LogP contribution < -0.4 is 5.69 Å². The van der Waals surface area contributed by atoms with Crippen LogP contribution in [0.1, 0.15) is 12.6 Å². The van der Waals surface area contributed by atoms with Crippen molar-refractivity contribution in [2.75, 3.05) is 6.61 Å². The summed E-state index contributed by atoms with van der Waals surface area (Å²) < 4.78 is 51.5. The molecule has 1 aliphatic rings. The van der Waals surface area contributed by atoms with Gasteiger partial charge < -0.3 is 29.4 Å². The summed E-state index contributed by atoms with van der Waals surface area (Å²) in [6.45, 7) is -0.834. The highest BCUT2D eigenvalue weighted by molar-refractivity contribution is 7.71. The van der Waals surface area contributed by atoms with Gasteiger partial charge in [-0.1, -0.05) is 12.2 Å². The molecule has 2 rings (SSSR count). The second-order valence-electron chi connectivity index (χ2n) is 5.34. The number of rotatable bonds is 8. The molecule has 1 aromatic heterocycles. The smallest absolute Gasteiger partial charge is 0.390 e. The Morgan fingerprint density at radius 2 is 1.86 bits per heavy atom. The molecule has 2 unspecified atom stereocenters. The number of nitrogens with zero attached hydrogens (tertiary/aromatic N) is 1. The molecule has 0 saturated carbocycles. The quantitative estimate of drug-likeness (QED) is 0.209. The molecule has 0 bridgehead atoms. The zero-order chi connectivity index (χ0) is 21.3. The van der Waals surface area contributed by atoms with Crippen LogP contribution in [0, 0.1) is 4.64 Å². The van der Waals surface area contributed by atoms with Crippen molar-refractivity contribution in [3.05, 3.63) is 27.4 Å². The minimum atomic E-state index is -5.65. The van der Waals surface area contributed by atoms with E-state index in [1.807, 2.05) is 0 Å². The first-order chi connectivity index (χ1) is 12.7. The number of hydrogen-bond donors (Lipinski definition) is 6. The minimum absolute atomic E-state index is 0.102. The van der Waals surface area contributed by atoms with Gasteiger partial charge in [-0.25, -0.2) is 18.5 Å².